The standard InChI is InChI=1S/C23H24N4O6S/c28-21-15-33-20-7-6-18(13-19(20)24-21)34(31,32)26-10-8-25(9-11-26)23(30)16-12-22(29)27(14-16)17-4-2-1-3-5-17/h1-7,13,16H,8-12,14-15H2,(H,24,28). The molecule has 1 atom stereocenters. The van der Waals surface area contributed by atoms with E-state index < -0.39 is 15.9 Å². The van der Waals surface area contributed by atoms with Crippen LogP contribution in [0.4, 0.5) is 11.4 Å². The van der Waals surface area contributed by atoms with Crippen LogP contribution in [0.2, 0.25) is 0 Å². The van der Waals surface area contributed by atoms with Gasteiger partial charge in [-0.3, -0.25) is 14.4 Å². The van der Waals surface area contributed by atoms with Gasteiger partial charge in [0.25, 0.3) is 5.91 Å². The number of hydrogen-bond donors (Lipinski definition) is 1. The van der Waals surface area contributed by atoms with Crippen LogP contribution in [0.3, 0.4) is 0 Å². The van der Waals surface area contributed by atoms with Gasteiger partial charge in [0, 0.05) is 44.8 Å². The molecule has 0 spiro atoms. The molecule has 3 aliphatic rings. The number of amides is 3. The number of fused-ring (bicyclic) bond motifs is 1. The van der Waals surface area contributed by atoms with Gasteiger partial charge in [-0.15, -0.1) is 0 Å². The lowest BCUT2D eigenvalue weighted by molar-refractivity contribution is -0.137. The van der Waals surface area contributed by atoms with E-state index >= 15 is 0 Å². The van der Waals surface area contributed by atoms with E-state index in [-0.39, 0.29) is 61.8 Å². The Morgan fingerprint density at radius 1 is 1.00 bits per heavy atom. The second-order valence-electron chi connectivity index (χ2n) is 8.47. The summed E-state index contributed by atoms with van der Waals surface area (Å²) in [7, 11) is -3.81. The third-order valence-corrected chi connectivity index (χ3v) is 8.21. The van der Waals surface area contributed by atoms with Crippen molar-refractivity contribution in [1.82, 2.24) is 9.21 Å². The van der Waals surface area contributed by atoms with Gasteiger partial charge < -0.3 is 19.9 Å². The molecule has 3 amide bonds. The van der Waals surface area contributed by atoms with Crippen molar-refractivity contribution >= 4 is 39.1 Å². The Kier molecular flexibility index (Phi) is 5.74. The van der Waals surface area contributed by atoms with Crippen LogP contribution < -0.4 is 15.0 Å². The monoisotopic (exact) mass is 484 g/mol. The van der Waals surface area contributed by atoms with Crippen LogP contribution in [-0.4, -0.2) is 74.7 Å². The van der Waals surface area contributed by atoms with Crippen molar-refractivity contribution in [2.24, 2.45) is 5.92 Å². The molecule has 2 aromatic carbocycles. The van der Waals surface area contributed by atoms with Crippen molar-refractivity contribution in [2.45, 2.75) is 11.3 Å². The van der Waals surface area contributed by atoms with E-state index in [0.717, 1.165) is 5.69 Å². The van der Waals surface area contributed by atoms with Gasteiger partial charge in [-0.1, -0.05) is 18.2 Å². The van der Waals surface area contributed by atoms with Gasteiger partial charge in [0.05, 0.1) is 16.5 Å². The highest BCUT2D eigenvalue weighted by Crippen LogP contribution is 2.32. The highest BCUT2D eigenvalue weighted by atomic mass is 32.2. The molecule has 1 N–H and O–H groups in total. The summed E-state index contributed by atoms with van der Waals surface area (Å²) in [5.74, 6) is -0.582. The van der Waals surface area contributed by atoms with Gasteiger partial charge >= 0.3 is 0 Å². The zero-order valence-corrected chi connectivity index (χ0v) is 19.2. The highest BCUT2D eigenvalue weighted by Gasteiger charge is 2.39. The van der Waals surface area contributed by atoms with Crippen molar-refractivity contribution in [2.75, 3.05) is 49.5 Å². The third kappa shape index (κ3) is 4.12. The Labute approximate surface area is 197 Å². The maximum Gasteiger partial charge on any atom is 0.262 e. The van der Waals surface area contributed by atoms with Crippen LogP contribution in [0.1, 0.15) is 6.42 Å². The van der Waals surface area contributed by atoms with Crippen LogP contribution in [0.25, 0.3) is 0 Å². The molecule has 1 unspecified atom stereocenters. The van der Waals surface area contributed by atoms with E-state index in [0.29, 0.717) is 18.0 Å². The fourth-order valence-electron chi connectivity index (χ4n) is 4.51. The number of piperazine rings is 1. The van der Waals surface area contributed by atoms with Crippen LogP contribution in [0, 0.1) is 5.92 Å². The fourth-order valence-corrected chi connectivity index (χ4v) is 5.96. The molecule has 2 aromatic rings. The smallest absolute Gasteiger partial charge is 0.262 e. The number of nitrogens with zero attached hydrogens (tertiary/aromatic N) is 3. The minimum Gasteiger partial charge on any atom is -0.482 e. The largest absolute Gasteiger partial charge is 0.482 e. The lowest BCUT2D eigenvalue weighted by atomic mass is 10.1. The van der Waals surface area contributed by atoms with Crippen LogP contribution in [0.5, 0.6) is 5.75 Å². The molecule has 0 bridgehead atoms. The molecule has 0 radical (unpaired) electrons. The van der Waals surface area contributed by atoms with Gasteiger partial charge in [0.1, 0.15) is 5.75 Å². The summed E-state index contributed by atoms with van der Waals surface area (Å²) in [5, 5.41) is 2.62. The molecule has 2 fully saturated rings. The summed E-state index contributed by atoms with van der Waals surface area (Å²) in [6.45, 7) is 1.01. The molecule has 11 heteroatoms. The Bertz CT molecular complexity index is 1240. The maximum atomic E-state index is 13.1. The number of carbonyl (C=O) groups excluding carboxylic acids is 3. The van der Waals surface area contributed by atoms with E-state index in [1.807, 2.05) is 30.3 Å². The summed E-state index contributed by atoms with van der Waals surface area (Å²) in [6.07, 6.45) is 0.148. The van der Waals surface area contributed by atoms with Crippen molar-refractivity contribution in [1.29, 1.82) is 0 Å². The first-order valence-corrected chi connectivity index (χ1v) is 12.5. The number of sulfonamides is 1. The van der Waals surface area contributed by atoms with Gasteiger partial charge in [0.15, 0.2) is 6.61 Å². The zero-order valence-electron chi connectivity index (χ0n) is 18.3. The fraction of sp³-hybridized carbons (Fsp3) is 0.348. The van der Waals surface area contributed by atoms with Crippen molar-refractivity contribution < 1.29 is 27.5 Å². The van der Waals surface area contributed by atoms with Crippen LogP contribution >= 0.6 is 0 Å². The quantitative estimate of drug-likeness (QED) is 0.690. The molecular weight excluding hydrogens is 460 g/mol. The molecule has 0 saturated carbocycles. The second kappa shape index (κ2) is 8.73. The molecule has 178 valence electrons. The summed E-state index contributed by atoms with van der Waals surface area (Å²) < 4.78 is 32.9. The average molecular weight is 485 g/mol. The summed E-state index contributed by atoms with van der Waals surface area (Å²) in [4.78, 5) is 40.4. The lowest BCUT2D eigenvalue weighted by Crippen LogP contribution is -2.52. The van der Waals surface area contributed by atoms with Crippen LogP contribution in [-0.2, 0) is 24.4 Å². The van der Waals surface area contributed by atoms with Gasteiger partial charge in [-0.05, 0) is 30.3 Å². The predicted octanol–water partition coefficient (Wildman–Crippen LogP) is 0.904. The Hall–Kier alpha value is -3.44. The molecule has 0 aliphatic carbocycles. The van der Waals surface area contributed by atoms with E-state index in [4.69, 9.17) is 4.74 Å². The molecule has 3 aliphatic heterocycles. The lowest BCUT2D eigenvalue weighted by Gasteiger charge is -2.35. The zero-order chi connectivity index (χ0) is 23.9. The highest BCUT2D eigenvalue weighted by molar-refractivity contribution is 7.89. The Morgan fingerprint density at radius 2 is 1.74 bits per heavy atom. The predicted molar refractivity (Wildman–Crippen MR) is 123 cm³/mol. The van der Waals surface area contributed by atoms with Gasteiger partial charge in [-0.2, -0.15) is 4.31 Å². The maximum absolute atomic E-state index is 13.1. The first-order valence-electron chi connectivity index (χ1n) is 11.0. The molecule has 3 heterocycles. The van der Waals surface area contributed by atoms with Gasteiger partial charge in [0.2, 0.25) is 21.8 Å². The number of carbonyl (C=O) groups is 3. The van der Waals surface area contributed by atoms with Crippen LogP contribution in [0.15, 0.2) is 53.4 Å². The molecular formula is C23H24N4O6S. The first kappa shape index (κ1) is 22.4. The summed E-state index contributed by atoms with van der Waals surface area (Å²) in [5.41, 5.74) is 1.09. The number of hydrogen-bond acceptors (Lipinski definition) is 6. The number of ether oxygens (including phenoxy) is 1. The molecule has 10 nitrogen and oxygen atoms in total. The number of rotatable bonds is 4. The van der Waals surface area contributed by atoms with Crippen molar-refractivity contribution in [3.8, 4) is 5.75 Å². The van der Waals surface area contributed by atoms with Crippen molar-refractivity contribution in [3.05, 3.63) is 48.5 Å². The summed E-state index contributed by atoms with van der Waals surface area (Å²) in [6, 6.07) is 13.6. The average Bonchev–Trinajstić information content (AvgIpc) is 3.25. The molecule has 34 heavy (non-hydrogen) atoms. The number of benzene rings is 2. The Balaban J connectivity index is 1.22. The topological polar surface area (TPSA) is 116 Å². The third-order valence-electron chi connectivity index (χ3n) is 6.31. The van der Waals surface area contributed by atoms with E-state index in [2.05, 4.69) is 5.32 Å². The Morgan fingerprint density at radius 3 is 2.47 bits per heavy atom. The minimum atomic E-state index is -3.81. The number of nitrogens with one attached hydrogen (secondary N) is 1. The molecule has 0 aromatic heterocycles. The van der Waals surface area contributed by atoms with Crippen molar-refractivity contribution in [3.63, 3.8) is 0 Å². The minimum absolute atomic E-state index is 0.0525. The van der Waals surface area contributed by atoms with E-state index in [1.165, 1.54) is 22.5 Å². The SMILES string of the molecule is O=C1COc2ccc(S(=O)(=O)N3CCN(C(=O)C4CC(=O)N(c5ccccc5)C4)CC3)cc2N1. The number of para-hydroxylation sites is 1. The van der Waals surface area contributed by atoms with E-state index in [1.54, 1.807) is 9.80 Å². The summed E-state index contributed by atoms with van der Waals surface area (Å²) >= 11 is 0. The van der Waals surface area contributed by atoms with E-state index in [9.17, 15) is 22.8 Å². The molecule has 5 rings (SSSR count). The number of anilines is 2. The second-order valence-corrected chi connectivity index (χ2v) is 10.4. The molecule has 2 saturated heterocycles. The van der Waals surface area contributed by atoms with Gasteiger partial charge in [-0.25, -0.2) is 8.42 Å². The first-order chi connectivity index (χ1) is 16.3. The normalized spacial score (nSPS) is 21.1.